The fourth-order valence-corrected chi connectivity index (χ4v) is 2.05. The fourth-order valence-electron chi connectivity index (χ4n) is 1.82. The minimum absolute atomic E-state index is 0.772. The van der Waals surface area contributed by atoms with Gasteiger partial charge in [0.05, 0.1) is 6.54 Å². The molecule has 0 radical (unpaired) electrons. The standard InChI is InChI=1S/C10H10BrN5/c11-8-1-2-9(12-5-8)15-3-4-16-7-13-14-10(16)6-15/h1-2,5,7H,3-4,6H2. The Morgan fingerprint density at radius 2 is 2.19 bits per heavy atom. The Morgan fingerprint density at radius 3 is 3.00 bits per heavy atom. The molecule has 2 aromatic rings. The van der Waals surface area contributed by atoms with Gasteiger partial charge in [0.25, 0.3) is 0 Å². The van der Waals surface area contributed by atoms with Crippen molar-refractivity contribution in [2.75, 3.05) is 11.4 Å². The Morgan fingerprint density at radius 1 is 1.25 bits per heavy atom. The predicted octanol–water partition coefficient (Wildman–Crippen LogP) is 1.46. The van der Waals surface area contributed by atoms with E-state index in [0.717, 1.165) is 35.7 Å². The summed E-state index contributed by atoms with van der Waals surface area (Å²) < 4.78 is 3.08. The maximum atomic E-state index is 4.38. The lowest BCUT2D eigenvalue weighted by Gasteiger charge is -2.27. The molecule has 0 spiro atoms. The van der Waals surface area contributed by atoms with Crippen LogP contribution in [0.4, 0.5) is 5.82 Å². The summed E-state index contributed by atoms with van der Waals surface area (Å²) in [6.45, 7) is 2.63. The lowest BCUT2D eigenvalue weighted by molar-refractivity contribution is 0.556. The number of rotatable bonds is 1. The molecule has 0 amide bonds. The quantitative estimate of drug-likeness (QED) is 0.793. The number of anilines is 1. The third-order valence-corrected chi connectivity index (χ3v) is 3.14. The number of hydrogen-bond acceptors (Lipinski definition) is 4. The van der Waals surface area contributed by atoms with Gasteiger partial charge in [-0.05, 0) is 28.1 Å². The third kappa shape index (κ3) is 1.69. The van der Waals surface area contributed by atoms with Gasteiger partial charge in [-0.3, -0.25) is 0 Å². The van der Waals surface area contributed by atoms with E-state index in [1.165, 1.54) is 0 Å². The molecule has 0 bridgehead atoms. The molecule has 1 aliphatic rings. The van der Waals surface area contributed by atoms with Crippen LogP contribution in [0.5, 0.6) is 0 Å². The van der Waals surface area contributed by atoms with Crippen LogP contribution in [0.1, 0.15) is 5.82 Å². The van der Waals surface area contributed by atoms with E-state index in [2.05, 4.69) is 40.6 Å². The van der Waals surface area contributed by atoms with Crippen molar-refractivity contribution in [1.29, 1.82) is 0 Å². The van der Waals surface area contributed by atoms with E-state index in [9.17, 15) is 0 Å². The molecule has 82 valence electrons. The van der Waals surface area contributed by atoms with E-state index in [0.29, 0.717) is 0 Å². The van der Waals surface area contributed by atoms with E-state index in [1.807, 2.05) is 18.3 Å². The van der Waals surface area contributed by atoms with Gasteiger partial charge in [-0.2, -0.15) is 0 Å². The van der Waals surface area contributed by atoms with E-state index in [1.54, 1.807) is 6.33 Å². The van der Waals surface area contributed by atoms with Crippen LogP contribution in [0, 0.1) is 0 Å². The molecule has 0 aromatic carbocycles. The SMILES string of the molecule is Brc1ccc(N2CCn3cnnc3C2)nc1. The maximum Gasteiger partial charge on any atom is 0.152 e. The number of nitrogens with zero attached hydrogens (tertiary/aromatic N) is 5. The van der Waals surface area contributed by atoms with E-state index in [4.69, 9.17) is 0 Å². The Balaban J connectivity index is 1.86. The molecule has 16 heavy (non-hydrogen) atoms. The molecular formula is C10H10BrN5. The van der Waals surface area contributed by atoms with E-state index < -0.39 is 0 Å². The van der Waals surface area contributed by atoms with Gasteiger partial charge in [0.1, 0.15) is 12.1 Å². The third-order valence-electron chi connectivity index (χ3n) is 2.67. The van der Waals surface area contributed by atoms with Crippen molar-refractivity contribution in [1.82, 2.24) is 19.7 Å². The smallest absolute Gasteiger partial charge is 0.152 e. The van der Waals surface area contributed by atoms with Crippen molar-refractivity contribution in [3.63, 3.8) is 0 Å². The Bertz CT molecular complexity index is 492. The van der Waals surface area contributed by atoms with Gasteiger partial charge < -0.3 is 9.47 Å². The average molecular weight is 280 g/mol. The van der Waals surface area contributed by atoms with Gasteiger partial charge in [-0.25, -0.2) is 4.98 Å². The second-order valence-electron chi connectivity index (χ2n) is 3.70. The van der Waals surface area contributed by atoms with Crippen molar-refractivity contribution < 1.29 is 0 Å². The molecule has 0 saturated carbocycles. The first-order valence-corrected chi connectivity index (χ1v) is 5.85. The maximum absolute atomic E-state index is 4.38. The molecule has 0 aliphatic carbocycles. The molecule has 0 N–H and O–H groups in total. The van der Waals surface area contributed by atoms with Gasteiger partial charge in [-0.1, -0.05) is 0 Å². The molecule has 1 aliphatic heterocycles. The molecule has 2 aromatic heterocycles. The zero-order chi connectivity index (χ0) is 11.0. The van der Waals surface area contributed by atoms with Gasteiger partial charge in [0, 0.05) is 23.8 Å². The van der Waals surface area contributed by atoms with Gasteiger partial charge >= 0.3 is 0 Å². The number of hydrogen-bond donors (Lipinski definition) is 0. The molecule has 0 fully saturated rings. The highest BCUT2D eigenvalue weighted by atomic mass is 79.9. The summed E-state index contributed by atoms with van der Waals surface area (Å²) in [6.07, 6.45) is 3.59. The first-order chi connectivity index (χ1) is 7.83. The van der Waals surface area contributed by atoms with Crippen LogP contribution in [0.2, 0.25) is 0 Å². The topological polar surface area (TPSA) is 46.8 Å². The molecule has 3 rings (SSSR count). The predicted molar refractivity (Wildman–Crippen MR) is 63.0 cm³/mol. The molecule has 5 nitrogen and oxygen atoms in total. The molecular weight excluding hydrogens is 270 g/mol. The number of aromatic nitrogens is 4. The summed E-state index contributed by atoms with van der Waals surface area (Å²) in [6, 6.07) is 4.01. The first-order valence-electron chi connectivity index (χ1n) is 5.06. The van der Waals surface area contributed by atoms with E-state index in [-0.39, 0.29) is 0 Å². The molecule has 0 unspecified atom stereocenters. The fraction of sp³-hybridized carbons (Fsp3) is 0.300. The Kier molecular flexibility index (Phi) is 2.36. The summed E-state index contributed by atoms with van der Waals surface area (Å²) in [5.74, 6) is 1.98. The van der Waals surface area contributed by atoms with E-state index >= 15 is 0 Å². The summed E-state index contributed by atoms with van der Waals surface area (Å²) in [4.78, 5) is 6.59. The minimum atomic E-state index is 0.772. The minimum Gasteiger partial charge on any atom is -0.347 e. The number of halogens is 1. The van der Waals surface area contributed by atoms with Crippen molar-refractivity contribution >= 4 is 21.7 Å². The Labute approximate surface area is 101 Å². The van der Waals surface area contributed by atoms with Crippen LogP contribution in [0.25, 0.3) is 0 Å². The summed E-state index contributed by atoms with van der Waals surface area (Å²) >= 11 is 3.38. The highest BCUT2D eigenvalue weighted by Crippen LogP contribution is 2.19. The molecule has 0 saturated heterocycles. The first kappa shape index (κ1) is 9.77. The lowest BCUT2D eigenvalue weighted by atomic mass is 10.3. The van der Waals surface area contributed by atoms with Crippen molar-refractivity contribution in [3.05, 3.63) is 35.0 Å². The van der Waals surface area contributed by atoms with Crippen LogP contribution in [0.15, 0.2) is 29.1 Å². The number of pyridine rings is 1. The lowest BCUT2D eigenvalue weighted by Crippen LogP contribution is -2.34. The summed E-state index contributed by atoms with van der Waals surface area (Å²) in [5, 5.41) is 7.99. The van der Waals surface area contributed by atoms with Crippen LogP contribution in [-0.4, -0.2) is 26.3 Å². The summed E-state index contributed by atoms with van der Waals surface area (Å²) in [5.41, 5.74) is 0. The van der Waals surface area contributed by atoms with Crippen LogP contribution in [0.3, 0.4) is 0 Å². The normalized spacial score (nSPS) is 14.9. The highest BCUT2D eigenvalue weighted by molar-refractivity contribution is 9.10. The van der Waals surface area contributed by atoms with Gasteiger partial charge in [0.15, 0.2) is 5.82 Å². The second kappa shape index (κ2) is 3.86. The van der Waals surface area contributed by atoms with Crippen molar-refractivity contribution in [2.24, 2.45) is 0 Å². The van der Waals surface area contributed by atoms with Gasteiger partial charge in [-0.15, -0.1) is 10.2 Å². The monoisotopic (exact) mass is 279 g/mol. The van der Waals surface area contributed by atoms with Crippen LogP contribution < -0.4 is 4.90 Å². The van der Waals surface area contributed by atoms with Crippen molar-refractivity contribution in [2.45, 2.75) is 13.1 Å². The largest absolute Gasteiger partial charge is 0.347 e. The Hall–Kier alpha value is -1.43. The van der Waals surface area contributed by atoms with Gasteiger partial charge in [0.2, 0.25) is 0 Å². The highest BCUT2D eigenvalue weighted by Gasteiger charge is 2.18. The number of fused-ring (bicyclic) bond motifs is 1. The molecule has 0 atom stereocenters. The zero-order valence-corrected chi connectivity index (χ0v) is 10.1. The van der Waals surface area contributed by atoms with Crippen molar-refractivity contribution in [3.8, 4) is 0 Å². The second-order valence-corrected chi connectivity index (χ2v) is 4.61. The zero-order valence-electron chi connectivity index (χ0n) is 8.54. The van der Waals surface area contributed by atoms with Crippen LogP contribution in [-0.2, 0) is 13.1 Å². The molecule has 6 heteroatoms. The molecule has 3 heterocycles. The summed E-state index contributed by atoms with van der Waals surface area (Å²) in [7, 11) is 0. The van der Waals surface area contributed by atoms with Crippen LogP contribution >= 0.6 is 15.9 Å². The average Bonchev–Trinajstić information content (AvgIpc) is 2.77.